The number of carbonyl (C=O) groups is 2. The molecule has 3 fully saturated rings. The Morgan fingerprint density at radius 3 is 2.83 bits per heavy atom. The quantitative estimate of drug-likeness (QED) is 0.757. The molecule has 2 saturated heterocycles. The van der Waals surface area contributed by atoms with E-state index in [2.05, 4.69) is 11.0 Å². The van der Waals surface area contributed by atoms with E-state index in [0.717, 1.165) is 5.56 Å². The number of halogens is 1. The molecule has 1 saturated carbocycles. The summed E-state index contributed by atoms with van der Waals surface area (Å²) in [5, 5.41) is 10.8. The van der Waals surface area contributed by atoms with Crippen LogP contribution in [-0.4, -0.2) is 65.4 Å². The molecule has 0 spiro atoms. The summed E-state index contributed by atoms with van der Waals surface area (Å²) in [4.78, 5) is 27.4. The van der Waals surface area contributed by atoms with Crippen LogP contribution < -0.4 is 10.4 Å². The van der Waals surface area contributed by atoms with Crippen LogP contribution in [0, 0.1) is 17.7 Å². The van der Waals surface area contributed by atoms with E-state index in [9.17, 15) is 9.59 Å². The molecule has 4 aliphatic heterocycles. The minimum Gasteiger partial charge on any atom is -0.609 e. The number of nitrogens with one attached hydrogen (secondary N) is 1. The second kappa shape index (κ2) is 6.32. The minimum absolute atomic E-state index is 0.0942. The maximum absolute atomic E-state index is 15.0. The van der Waals surface area contributed by atoms with Crippen LogP contribution in [0.3, 0.4) is 0 Å². The highest BCUT2D eigenvalue weighted by Crippen LogP contribution is 2.59. The normalized spacial score (nSPS) is 32.8. The Kier molecular flexibility index (Phi) is 3.79. The Morgan fingerprint density at radius 1 is 1.33 bits per heavy atom. The number of amides is 2. The third-order valence-corrected chi connectivity index (χ3v) is 7.02. The molecule has 0 bridgehead atoms. The zero-order valence-electron chi connectivity index (χ0n) is 16.1. The molecule has 9 nitrogen and oxygen atoms in total. The number of piperidine rings is 1. The van der Waals surface area contributed by atoms with E-state index in [1.165, 1.54) is 6.07 Å². The maximum atomic E-state index is 15.0. The van der Waals surface area contributed by atoms with Gasteiger partial charge in [-0.2, -0.15) is 0 Å². The van der Waals surface area contributed by atoms with Crippen molar-refractivity contribution in [3.63, 3.8) is 0 Å². The lowest BCUT2D eigenvalue weighted by Gasteiger charge is -2.26. The molecular weight excluding hydrogens is 393 g/mol. The van der Waals surface area contributed by atoms with Crippen molar-refractivity contribution >= 4 is 17.7 Å². The van der Waals surface area contributed by atoms with Crippen LogP contribution in [0.2, 0.25) is 0 Å². The third-order valence-electron chi connectivity index (χ3n) is 7.02. The lowest BCUT2D eigenvalue weighted by molar-refractivity contribution is -0.133. The molecule has 2 amide bonds. The molecule has 0 radical (unpaired) electrons. The summed E-state index contributed by atoms with van der Waals surface area (Å²) in [5.74, 6) is -0.00648. The fourth-order valence-electron chi connectivity index (χ4n) is 5.56. The van der Waals surface area contributed by atoms with E-state index in [-0.39, 0.29) is 41.6 Å². The van der Waals surface area contributed by atoms with Gasteiger partial charge in [-0.1, -0.05) is 6.07 Å². The standard InChI is InChI=1S/C20H21FN5O4/c21-14-5-15-10(3-11(14)19-12-6-24(7-13(12)19)18(28)9-27)4-16-17(30-20(29)26(15)16)8-25-2-1-22-23-25/h1-3,5,12-13,16-17,19,23,27H,4,6-9H2/q-1/t12?,13?,16-,17?,19?/m0/s1. The lowest BCUT2D eigenvalue weighted by Crippen LogP contribution is -2.41. The molecule has 10 heteroatoms. The number of likely N-dealkylation sites (tertiary alicyclic amines) is 1. The molecular formula is C20H21FN5O4-. The van der Waals surface area contributed by atoms with Crippen LogP contribution >= 0.6 is 0 Å². The Bertz CT molecular complexity index is 959. The van der Waals surface area contributed by atoms with Gasteiger partial charge in [0.05, 0.1) is 18.3 Å². The van der Waals surface area contributed by atoms with Crippen molar-refractivity contribution in [2.45, 2.75) is 24.5 Å². The zero-order chi connectivity index (χ0) is 20.6. The second-order valence-electron chi connectivity index (χ2n) is 8.56. The molecule has 4 heterocycles. The molecule has 6 rings (SSSR count). The van der Waals surface area contributed by atoms with Gasteiger partial charge in [0.1, 0.15) is 18.5 Å². The number of ether oxygens (including phenoxy) is 1. The highest BCUT2D eigenvalue weighted by atomic mass is 19.1. The average Bonchev–Trinajstić information content (AvgIpc) is 3.26. The van der Waals surface area contributed by atoms with E-state index in [0.29, 0.717) is 37.3 Å². The van der Waals surface area contributed by atoms with E-state index in [1.807, 2.05) is 6.07 Å². The minimum atomic E-state index is -0.483. The second-order valence-corrected chi connectivity index (χ2v) is 8.56. The zero-order valence-corrected chi connectivity index (χ0v) is 16.1. The van der Waals surface area contributed by atoms with Crippen molar-refractivity contribution in [3.8, 4) is 0 Å². The SMILES string of the molecule is O=C(CO)N1CC2C(C1)C2c1cc2c(cc1F)N1C(=O)OC(CN3C=C[N-]N3)[C@@H]1C2. The Labute approximate surface area is 172 Å². The molecule has 158 valence electrons. The summed E-state index contributed by atoms with van der Waals surface area (Å²) >= 11 is 0. The van der Waals surface area contributed by atoms with Crippen LogP contribution in [0.15, 0.2) is 24.5 Å². The number of cyclic esters (lactones) is 1. The molecule has 2 N–H and O–H groups in total. The molecule has 0 aromatic heterocycles. The summed E-state index contributed by atoms with van der Waals surface area (Å²) in [7, 11) is 0. The molecule has 5 aliphatic rings. The number of hydrogen-bond acceptors (Lipinski definition) is 6. The molecule has 3 unspecified atom stereocenters. The average molecular weight is 414 g/mol. The summed E-state index contributed by atoms with van der Waals surface area (Å²) in [6.45, 7) is 1.10. The van der Waals surface area contributed by atoms with Crippen LogP contribution in [0.5, 0.6) is 0 Å². The monoisotopic (exact) mass is 414 g/mol. The van der Waals surface area contributed by atoms with Crippen molar-refractivity contribution in [1.82, 2.24) is 15.4 Å². The van der Waals surface area contributed by atoms with Crippen molar-refractivity contribution in [2.75, 3.05) is 31.1 Å². The van der Waals surface area contributed by atoms with E-state index >= 15 is 4.39 Å². The van der Waals surface area contributed by atoms with Crippen LogP contribution in [0.25, 0.3) is 5.43 Å². The van der Waals surface area contributed by atoms with Crippen molar-refractivity contribution < 1.29 is 23.8 Å². The number of fused-ring (bicyclic) bond motifs is 4. The largest absolute Gasteiger partial charge is 0.609 e. The fraction of sp³-hybridized carbons (Fsp3) is 0.500. The summed E-state index contributed by atoms with van der Waals surface area (Å²) in [5.41, 5.74) is 8.94. The fourth-order valence-corrected chi connectivity index (χ4v) is 5.56. The first kappa shape index (κ1) is 18.0. The topological polar surface area (TPSA) is 99.4 Å². The summed E-state index contributed by atoms with van der Waals surface area (Å²) < 4.78 is 20.6. The van der Waals surface area contributed by atoms with E-state index in [1.54, 1.807) is 27.2 Å². The van der Waals surface area contributed by atoms with E-state index < -0.39 is 12.7 Å². The van der Waals surface area contributed by atoms with Gasteiger partial charge in [-0.3, -0.25) is 9.69 Å². The van der Waals surface area contributed by atoms with Gasteiger partial charge in [-0.05, 0) is 47.6 Å². The summed E-state index contributed by atoms with van der Waals surface area (Å²) in [6, 6.07) is 3.19. The van der Waals surface area contributed by atoms with Gasteiger partial charge in [0, 0.05) is 13.1 Å². The molecule has 1 aliphatic carbocycles. The first-order valence-corrected chi connectivity index (χ1v) is 10.1. The smallest absolute Gasteiger partial charge is 0.415 e. The number of nitrogens with zero attached hydrogens (tertiary/aromatic N) is 4. The number of aliphatic hydroxyl groups is 1. The molecule has 4 atom stereocenters. The van der Waals surface area contributed by atoms with Crippen molar-refractivity contribution in [2.24, 2.45) is 11.8 Å². The Balaban J connectivity index is 1.21. The number of rotatable bonds is 4. The first-order chi connectivity index (χ1) is 14.5. The first-order valence-electron chi connectivity index (χ1n) is 10.1. The van der Waals surface area contributed by atoms with Gasteiger partial charge in [0.2, 0.25) is 5.91 Å². The highest BCUT2D eigenvalue weighted by Gasteiger charge is 2.58. The van der Waals surface area contributed by atoms with Gasteiger partial charge in [0.25, 0.3) is 0 Å². The number of benzene rings is 1. The molecule has 1 aromatic rings. The van der Waals surface area contributed by atoms with Crippen LogP contribution in [0.1, 0.15) is 17.0 Å². The number of carbonyl (C=O) groups excluding carboxylic acids is 2. The summed E-state index contributed by atoms with van der Waals surface area (Å²) in [6.07, 6.45) is 3.22. The Morgan fingerprint density at radius 2 is 2.13 bits per heavy atom. The number of anilines is 1. The number of hydrazine groups is 1. The lowest BCUT2D eigenvalue weighted by atomic mass is 9.99. The molecule has 30 heavy (non-hydrogen) atoms. The maximum Gasteiger partial charge on any atom is 0.415 e. The van der Waals surface area contributed by atoms with Gasteiger partial charge in [-0.15, -0.1) is 6.20 Å². The van der Waals surface area contributed by atoms with Crippen molar-refractivity contribution in [3.05, 3.63) is 46.9 Å². The van der Waals surface area contributed by atoms with Gasteiger partial charge >= 0.3 is 6.09 Å². The predicted octanol–water partition coefficient (Wildman–Crippen LogP) is 0.820. The van der Waals surface area contributed by atoms with Crippen LogP contribution in [0.4, 0.5) is 14.9 Å². The number of aliphatic hydroxyl groups excluding tert-OH is 1. The Hall–Kier alpha value is -2.85. The molecule has 1 aromatic carbocycles. The number of hydrogen-bond donors (Lipinski definition) is 2. The predicted molar refractivity (Wildman–Crippen MR) is 102 cm³/mol. The van der Waals surface area contributed by atoms with Gasteiger partial charge < -0.3 is 30.7 Å². The van der Waals surface area contributed by atoms with Gasteiger partial charge in [-0.25, -0.2) is 9.18 Å². The van der Waals surface area contributed by atoms with Crippen molar-refractivity contribution in [1.29, 1.82) is 0 Å². The highest BCUT2D eigenvalue weighted by molar-refractivity contribution is 5.94. The van der Waals surface area contributed by atoms with Gasteiger partial charge in [0.15, 0.2) is 0 Å². The third kappa shape index (κ3) is 2.53. The van der Waals surface area contributed by atoms with E-state index in [4.69, 9.17) is 9.84 Å². The van der Waals surface area contributed by atoms with Crippen LogP contribution in [-0.2, 0) is 16.0 Å².